The number of ether oxygens (including phenoxy) is 3. The molecule has 1 N–H and O–H groups in total. The molecular formula is C21H21NO5S. The van der Waals surface area contributed by atoms with Crippen molar-refractivity contribution in [1.29, 1.82) is 0 Å². The van der Waals surface area contributed by atoms with E-state index in [9.17, 15) is 9.59 Å². The first kappa shape index (κ1) is 19.7. The SMILES string of the molecule is COc1ccc(OC)c([C@H](C)NC(=O)COC(=O)c2cc3ccccc3s2)c1. The van der Waals surface area contributed by atoms with Crippen molar-refractivity contribution in [2.75, 3.05) is 20.8 Å². The molecule has 3 aromatic rings. The number of benzene rings is 2. The molecule has 28 heavy (non-hydrogen) atoms. The molecule has 1 aromatic heterocycles. The van der Waals surface area contributed by atoms with Crippen LogP contribution >= 0.6 is 11.3 Å². The Balaban J connectivity index is 1.60. The lowest BCUT2D eigenvalue weighted by molar-refractivity contribution is -0.124. The van der Waals surface area contributed by atoms with E-state index in [0.29, 0.717) is 16.4 Å². The molecule has 2 aromatic carbocycles. The molecule has 0 aliphatic heterocycles. The lowest BCUT2D eigenvalue weighted by atomic mass is 10.1. The summed E-state index contributed by atoms with van der Waals surface area (Å²) in [4.78, 5) is 24.9. The van der Waals surface area contributed by atoms with Crippen molar-refractivity contribution in [1.82, 2.24) is 5.32 Å². The summed E-state index contributed by atoms with van der Waals surface area (Å²) in [5.74, 6) is 0.388. The van der Waals surface area contributed by atoms with Crippen LogP contribution in [0.4, 0.5) is 0 Å². The number of fused-ring (bicyclic) bond motifs is 1. The Hall–Kier alpha value is -3.06. The van der Waals surface area contributed by atoms with Gasteiger partial charge in [0.1, 0.15) is 16.4 Å². The highest BCUT2D eigenvalue weighted by atomic mass is 32.1. The van der Waals surface area contributed by atoms with Gasteiger partial charge < -0.3 is 19.5 Å². The van der Waals surface area contributed by atoms with E-state index in [1.165, 1.54) is 11.3 Å². The van der Waals surface area contributed by atoms with Crippen LogP contribution in [0, 0.1) is 0 Å². The average Bonchev–Trinajstić information content (AvgIpc) is 3.15. The summed E-state index contributed by atoms with van der Waals surface area (Å²) in [6.07, 6.45) is 0. The van der Waals surface area contributed by atoms with Crippen molar-refractivity contribution in [2.24, 2.45) is 0 Å². The highest BCUT2D eigenvalue weighted by Crippen LogP contribution is 2.29. The number of hydrogen-bond acceptors (Lipinski definition) is 6. The number of thiophene rings is 1. The van der Waals surface area contributed by atoms with Gasteiger partial charge in [0, 0.05) is 10.3 Å². The second kappa shape index (κ2) is 8.75. The van der Waals surface area contributed by atoms with E-state index in [-0.39, 0.29) is 12.6 Å². The maximum Gasteiger partial charge on any atom is 0.348 e. The second-order valence-electron chi connectivity index (χ2n) is 6.12. The Kier molecular flexibility index (Phi) is 6.16. The fourth-order valence-electron chi connectivity index (χ4n) is 2.82. The zero-order valence-electron chi connectivity index (χ0n) is 15.9. The van der Waals surface area contributed by atoms with Crippen LogP contribution in [0.1, 0.15) is 28.2 Å². The Bertz CT molecular complexity index is 964. The number of hydrogen-bond donors (Lipinski definition) is 1. The normalized spacial score (nSPS) is 11.7. The van der Waals surface area contributed by atoms with Crippen molar-refractivity contribution in [2.45, 2.75) is 13.0 Å². The predicted molar refractivity (Wildman–Crippen MR) is 108 cm³/mol. The van der Waals surface area contributed by atoms with Crippen molar-refractivity contribution < 1.29 is 23.8 Å². The molecule has 146 valence electrons. The number of rotatable bonds is 7. The summed E-state index contributed by atoms with van der Waals surface area (Å²) >= 11 is 1.34. The van der Waals surface area contributed by atoms with Gasteiger partial charge in [-0.05, 0) is 42.6 Å². The average molecular weight is 399 g/mol. The van der Waals surface area contributed by atoms with Crippen LogP contribution in [0.25, 0.3) is 10.1 Å². The van der Waals surface area contributed by atoms with Gasteiger partial charge in [0.05, 0.1) is 20.3 Å². The van der Waals surface area contributed by atoms with Crippen molar-refractivity contribution in [3.8, 4) is 11.5 Å². The third-order valence-electron chi connectivity index (χ3n) is 4.24. The summed E-state index contributed by atoms with van der Waals surface area (Å²) in [6.45, 7) is 1.46. The molecular weight excluding hydrogens is 378 g/mol. The summed E-state index contributed by atoms with van der Waals surface area (Å²) in [5.41, 5.74) is 0.769. The largest absolute Gasteiger partial charge is 0.497 e. The third-order valence-corrected chi connectivity index (χ3v) is 5.34. The number of esters is 1. The van der Waals surface area contributed by atoms with Crippen LogP contribution in [0.15, 0.2) is 48.5 Å². The number of carbonyl (C=O) groups excluding carboxylic acids is 2. The molecule has 0 saturated heterocycles. The first-order valence-corrected chi connectivity index (χ1v) is 9.50. The molecule has 0 unspecified atom stereocenters. The first-order chi connectivity index (χ1) is 13.5. The van der Waals surface area contributed by atoms with Crippen LogP contribution in [0.2, 0.25) is 0 Å². The lowest BCUT2D eigenvalue weighted by Crippen LogP contribution is -2.31. The molecule has 3 rings (SSSR count). The van der Waals surface area contributed by atoms with Crippen LogP contribution in [-0.4, -0.2) is 32.7 Å². The molecule has 1 heterocycles. The van der Waals surface area contributed by atoms with E-state index in [4.69, 9.17) is 14.2 Å². The fourth-order valence-corrected chi connectivity index (χ4v) is 3.78. The Labute approximate surface area is 167 Å². The molecule has 1 amide bonds. The van der Waals surface area contributed by atoms with Crippen LogP contribution in [-0.2, 0) is 9.53 Å². The summed E-state index contributed by atoms with van der Waals surface area (Å²) < 4.78 is 16.7. The number of methoxy groups -OCH3 is 2. The fraction of sp³-hybridized carbons (Fsp3) is 0.238. The topological polar surface area (TPSA) is 73.9 Å². The molecule has 6 nitrogen and oxygen atoms in total. The number of amides is 1. The highest BCUT2D eigenvalue weighted by molar-refractivity contribution is 7.20. The van der Waals surface area contributed by atoms with Gasteiger partial charge in [0.15, 0.2) is 6.61 Å². The monoisotopic (exact) mass is 399 g/mol. The van der Waals surface area contributed by atoms with Crippen LogP contribution < -0.4 is 14.8 Å². The molecule has 0 fully saturated rings. The minimum absolute atomic E-state index is 0.347. The molecule has 1 atom stereocenters. The molecule has 0 bridgehead atoms. The van der Waals surface area contributed by atoms with Crippen molar-refractivity contribution >= 4 is 33.3 Å². The van der Waals surface area contributed by atoms with Crippen molar-refractivity contribution in [3.63, 3.8) is 0 Å². The maximum atomic E-state index is 12.2. The minimum Gasteiger partial charge on any atom is -0.497 e. The van der Waals surface area contributed by atoms with Gasteiger partial charge in [0.25, 0.3) is 5.91 Å². The molecule has 0 saturated carbocycles. The van der Waals surface area contributed by atoms with Gasteiger partial charge in [-0.25, -0.2) is 4.79 Å². The Morgan fingerprint density at radius 1 is 1.07 bits per heavy atom. The van der Waals surface area contributed by atoms with E-state index in [1.807, 2.05) is 31.2 Å². The molecule has 7 heteroatoms. The number of nitrogens with one attached hydrogen (secondary N) is 1. The summed E-state index contributed by atoms with van der Waals surface area (Å²) in [7, 11) is 3.13. The standard InChI is InChI=1S/C21H21NO5S/c1-13(16-11-15(25-2)8-9-17(16)26-3)22-20(23)12-27-21(24)19-10-14-6-4-5-7-18(14)28-19/h4-11,13H,12H2,1-3H3,(H,22,23)/t13-/m0/s1. The van der Waals surface area contributed by atoms with Gasteiger partial charge in [-0.15, -0.1) is 11.3 Å². The summed E-state index contributed by atoms with van der Waals surface area (Å²) in [6, 6.07) is 14.5. The molecule has 0 radical (unpaired) electrons. The van der Waals surface area contributed by atoms with Crippen LogP contribution in [0.5, 0.6) is 11.5 Å². The van der Waals surface area contributed by atoms with Gasteiger partial charge in [-0.2, -0.15) is 0 Å². The van der Waals surface area contributed by atoms with E-state index in [2.05, 4.69) is 5.32 Å². The zero-order valence-corrected chi connectivity index (χ0v) is 16.7. The van der Waals surface area contributed by atoms with Gasteiger partial charge in [-0.3, -0.25) is 4.79 Å². The van der Waals surface area contributed by atoms with E-state index < -0.39 is 11.9 Å². The number of carbonyl (C=O) groups is 2. The smallest absolute Gasteiger partial charge is 0.348 e. The first-order valence-electron chi connectivity index (χ1n) is 8.69. The molecule has 0 aliphatic rings. The lowest BCUT2D eigenvalue weighted by Gasteiger charge is -2.18. The quantitative estimate of drug-likeness (QED) is 0.609. The predicted octanol–water partition coefficient (Wildman–Crippen LogP) is 3.95. The molecule has 0 aliphatic carbocycles. The highest BCUT2D eigenvalue weighted by Gasteiger charge is 2.17. The van der Waals surface area contributed by atoms with Crippen molar-refractivity contribution in [3.05, 3.63) is 59.0 Å². The van der Waals surface area contributed by atoms with E-state index in [0.717, 1.165) is 15.6 Å². The Morgan fingerprint density at radius 2 is 1.86 bits per heavy atom. The third kappa shape index (κ3) is 4.43. The second-order valence-corrected chi connectivity index (χ2v) is 7.21. The van der Waals surface area contributed by atoms with Gasteiger partial charge in [-0.1, -0.05) is 18.2 Å². The van der Waals surface area contributed by atoms with E-state index >= 15 is 0 Å². The summed E-state index contributed by atoms with van der Waals surface area (Å²) in [5, 5.41) is 3.78. The van der Waals surface area contributed by atoms with Gasteiger partial charge >= 0.3 is 5.97 Å². The van der Waals surface area contributed by atoms with E-state index in [1.54, 1.807) is 38.5 Å². The van der Waals surface area contributed by atoms with Crippen LogP contribution in [0.3, 0.4) is 0 Å². The Morgan fingerprint density at radius 3 is 2.57 bits per heavy atom. The molecule has 0 spiro atoms. The zero-order chi connectivity index (χ0) is 20.1. The maximum absolute atomic E-state index is 12.2. The minimum atomic E-state index is -0.511. The van der Waals surface area contributed by atoms with Gasteiger partial charge in [0.2, 0.25) is 0 Å².